The van der Waals surface area contributed by atoms with Gasteiger partial charge >= 0.3 is 6.03 Å². The van der Waals surface area contributed by atoms with Crippen LogP contribution in [0.5, 0.6) is 0 Å². The molecule has 0 aliphatic carbocycles. The van der Waals surface area contributed by atoms with E-state index < -0.39 is 35.2 Å². The van der Waals surface area contributed by atoms with E-state index in [1.165, 1.54) is 0 Å². The summed E-state index contributed by atoms with van der Waals surface area (Å²) in [6.45, 7) is 8.18. The molecule has 0 bridgehead atoms. The second kappa shape index (κ2) is 12.9. The number of carbonyl (C=O) groups is 1. The number of ether oxygens (including phenoxy) is 1. The fraction of sp³-hybridized carbons (Fsp3) is 0.500. The molecule has 2 aromatic carbocycles. The van der Waals surface area contributed by atoms with E-state index in [4.69, 9.17) is 9.72 Å². The zero-order valence-electron chi connectivity index (χ0n) is 24.5. The Kier molecular flexibility index (Phi) is 9.22. The number of carbonyl (C=O) groups excluding carboxylic acids is 1. The SMILES string of the molecule is CC(C)NC(=O)N(C[C@@H]1CNC[C@@H]1F)C(c1nc(-c2cc(F)ccc2F)cn1Cc1ccccc1)C1(C)CCOCC1. The highest BCUT2D eigenvalue weighted by molar-refractivity contribution is 5.75. The van der Waals surface area contributed by atoms with Crippen molar-refractivity contribution in [2.75, 3.05) is 32.8 Å². The number of benzene rings is 2. The van der Waals surface area contributed by atoms with Crippen LogP contribution < -0.4 is 10.6 Å². The van der Waals surface area contributed by atoms with Gasteiger partial charge in [0.05, 0.1) is 11.7 Å². The topological polar surface area (TPSA) is 71.4 Å². The normalized spacial score (nSPS) is 20.9. The summed E-state index contributed by atoms with van der Waals surface area (Å²) in [5.74, 6) is -1.01. The molecule has 0 saturated carbocycles. The molecule has 5 rings (SSSR count). The van der Waals surface area contributed by atoms with E-state index in [2.05, 4.69) is 17.6 Å². The largest absolute Gasteiger partial charge is 0.381 e. The summed E-state index contributed by atoms with van der Waals surface area (Å²) in [7, 11) is 0. The van der Waals surface area contributed by atoms with Crippen LogP contribution in [0.4, 0.5) is 18.0 Å². The second-order valence-corrected chi connectivity index (χ2v) is 12.1. The molecule has 226 valence electrons. The lowest BCUT2D eigenvalue weighted by Crippen LogP contribution is -2.53. The number of hydrogen-bond donors (Lipinski definition) is 2. The molecule has 1 unspecified atom stereocenters. The van der Waals surface area contributed by atoms with E-state index in [-0.39, 0.29) is 36.4 Å². The second-order valence-electron chi connectivity index (χ2n) is 12.1. The molecule has 42 heavy (non-hydrogen) atoms. The van der Waals surface area contributed by atoms with Crippen LogP contribution in [0.2, 0.25) is 0 Å². The third kappa shape index (κ3) is 6.65. The average Bonchev–Trinajstić information content (AvgIpc) is 3.55. The highest BCUT2D eigenvalue weighted by atomic mass is 19.1. The fourth-order valence-electron chi connectivity index (χ4n) is 6.09. The van der Waals surface area contributed by atoms with E-state index in [0.717, 1.165) is 23.8 Å². The summed E-state index contributed by atoms with van der Waals surface area (Å²) in [6, 6.07) is 12.0. The molecule has 2 saturated heterocycles. The van der Waals surface area contributed by atoms with Crippen LogP contribution in [0.15, 0.2) is 54.7 Å². The minimum Gasteiger partial charge on any atom is -0.381 e. The average molecular weight is 584 g/mol. The van der Waals surface area contributed by atoms with Crippen LogP contribution in [0.1, 0.15) is 51.0 Å². The maximum absolute atomic E-state index is 15.0. The summed E-state index contributed by atoms with van der Waals surface area (Å²) in [4.78, 5) is 20.7. The molecule has 3 aromatic rings. The predicted molar refractivity (Wildman–Crippen MR) is 156 cm³/mol. The van der Waals surface area contributed by atoms with Crippen molar-refractivity contribution in [1.29, 1.82) is 0 Å². The molecule has 10 heteroatoms. The van der Waals surface area contributed by atoms with Gasteiger partial charge in [-0.2, -0.15) is 0 Å². The van der Waals surface area contributed by atoms with Gasteiger partial charge in [-0.25, -0.2) is 22.9 Å². The van der Waals surface area contributed by atoms with Crippen molar-refractivity contribution in [3.05, 3.63) is 77.8 Å². The summed E-state index contributed by atoms with van der Waals surface area (Å²) < 4.78 is 52.0. The monoisotopic (exact) mass is 583 g/mol. The zero-order chi connectivity index (χ0) is 29.9. The molecule has 2 fully saturated rings. The van der Waals surface area contributed by atoms with Gasteiger partial charge in [-0.05, 0) is 55.9 Å². The highest BCUT2D eigenvalue weighted by Gasteiger charge is 2.46. The van der Waals surface area contributed by atoms with Crippen molar-refractivity contribution in [2.45, 2.75) is 58.4 Å². The molecular weight excluding hydrogens is 543 g/mol. The molecule has 3 heterocycles. The van der Waals surface area contributed by atoms with Gasteiger partial charge in [-0.1, -0.05) is 37.3 Å². The summed E-state index contributed by atoms with van der Waals surface area (Å²) in [6.07, 6.45) is 1.92. The Morgan fingerprint density at radius 1 is 1.17 bits per heavy atom. The molecule has 2 aliphatic heterocycles. The van der Waals surface area contributed by atoms with Gasteiger partial charge in [0, 0.05) is 63.1 Å². The lowest BCUT2D eigenvalue weighted by molar-refractivity contribution is -0.0282. The van der Waals surface area contributed by atoms with E-state index in [0.29, 0.717) is 45.0 Å². The Morgan fingerprint density at radius 2 is 1.90 bits per heavy atom. The molecule has 2 N–H and O–H groups in total. The maximum Gasteiger partial charge on any atom is 0.318 e. The number of urea groups is 1. The molecule has 2 amide bonds. The van der Waals surface area contributed by atoms with Gasteiger partial charge in [-0.3, -0.25) is 0 Å². The van der Waals surface area contributed by atoms with Crippen LogP contribution >= 0.6 is 0 Å². The van der Waals surface area contributed by atoms with Gasteiger partial charge in [0.2, 0.25) is 0 Å². The molecule has 1 aromatic heterocycles. The third-order valence-corrected chi connectivity index (χ3v) is 8.42. The van der Waals surface area contributed by atoms with Gasteiger partial charge in [0.25, 0.3) is 0 Å². The van der Waals surface area contributed by atoms with Crippen LogP contribution in [-0.4, -0.2) is 65.5 Å². The van der Waals surface area contributed by atoms with Crippen molar-refractivity contribution < 1.29 is 22.7 Å². The zero-order valence-corrected chi connectivity index (χ0v) is 24.5. The van der Waals surface area contributed by atoms with Crippen molar-refractivity contribution >= 4 is 6.03 Å². The number of imidazole rings is 1. The molecule has 3 atom stereocenters. The Balaban J connectivity index is 1.69. The standard InChI is InChI=1S/C32H40F3N5O2/c1-21(2)37-31(41)40(19-23-16-36-17-27(23)35)29(32(3)11-13-42-14-12-32)30-38-28(25-15-24(33)9-10-26(25)34)20-39(30)18-22-7-5-4-6-8-22/h4-10,15,20-21,23,27,29,36H,11-14,16-19H2,1-3H3,(H,37,41)/t23-,27-,29?/m0/s1. The van der Waals surface area contributed by atoms with E-state index in [1.54, 1.807) is 11.1 Å². The van der Waals surface area contributed by atoms with Crippen molar-refractivity contribution in [3.63, 3.8) is 0 Å². The minimum atomic E-state index is -1.09. The van der Waals surface area contributed by atoms with E-state index in [9.17, 15) is 9.18 Å². The number of alkyl halides is 1. The number of nitrogens with one attached hydrogen (secondary N) is 2. The van der Waals surface area contributed by atoms with Crippen molar-refractivity contribution in [1.82, 2.24) is 25.1 Å². The molecule has 0 spiro atoms. The molecule has 2 aliphatic rings. The van der Waals surface area contributed by atoms with E-state index in [1.807, 2.05) is 48.7 Å². The van der Waals surface area contributed by atoms with Crippen LogP contribution in [0, 0.1) is 23.0 Å². The minimum absolute atomic E-state index is 0.0425. The molecule has 0 radical (unpaired) electrons. The van der Waals surface area contributed by atoms with Crippen molar-refractivity contribution in [3.8, 4) is 11.3 Å². The van der Waals surface area contributed by atoms with Crippen LogP contribution in [0.3, 0.4) is 0 Å². The lowest BCUT2D eigenvalue weighted by Gasteiger charge is -2.46. The van der Waals surface area contributed by atoms with Crippen LogP contribution in [0.25, 0.3) is 11.3 Å². The molecular formula is C32H40F3N5O2. The van der Waals surface area contributed by atoms with Crippen molar-refractivity contribution in [2.24, 2.45) is 11.3 Å². The summed E-state index contributed by atoms with van der Waals surface area (Å²) in [5, 5.41) is 6.13. The van der Waals surface area contributed by atoms with Gasteiger partial charge in [-0.15, -0.1) is 0 Å². The first-order chi connectivity index (χ1) is 20.1. The van der Waals surface area contributed by atoms with E-state index >= 15 is 8.78 Å². The van der Waals surface area contributed by atoms with Crippen LogP contribution in [-0.2, 0) is 11.3 Å². The van der Waals surface area contributed by atoms with Gasteiger partial charge in [0.1, 0.15) is 23.6 Å². The lowest BCUT2D eigenvalue weighted by atomic mass is 9.74. The third-order valence-electron chi connectivity index (χ3n) is 8.42. The van der Waals surface area contributed by atoms with Gasteiger partial charge in [0.15, 0.2) is 0 Å². The molecule has 7 nitrogen and oxygen atoms in total. The smallest absolute Gasteiger partial charge is 0.318 e. The number of aromatic nitrogens is 2. The van der Waals surface area contributed by atoms with Gasteiger partial charge < -0.3 is 24.8 Å². The first-order valence-electron chi connectivity index (χ1n) is 14.7. The quantitative estimate of drug-likeness (QED) is 0.339. The first kappa shape index (κ1) is 30.1. The number of rotatable bonds is 9. The number of hydrogen-bond acceptors (Lipinski definition) is 4. The maximum atomic E-state index is 15.0. The first-order valence-corrected chi connectivity index (χ1v) is 14.7. The number of halogens is 3. The Labute approximate surface area is 245 Å². The summed E-state index contributed by atoms with van der Waals surface area (Å²) in [5.41, 5.74) is 0.817. The highest BCUT2D eigenvalue weighted by Crippen LogP contribution is 2.46. The summed E-state index contributed by atoms with van der Waals surface area (Å²) >= 11 is 0. The predicted octanol–water partition coefficient (Wildman–Crippen LogP) is 5.71. The number of amides is 2. The fourth-order valence-corrected chi connectivity index (χ4v) is 6.09. The Bertz CT molecular complexity index is 1360. The Hall–Kier alpha value is -3.37. The number of nitrogens with zero attached hydrogens (tertiary/aromatic N) is 3. The Morgan fingerprint density at radius 3 is 2.57 bits per heavy atom.